The summed E-state index contributed by atoms with van der Waals surface area (Å²) in [6, 6.07) is 0. The van der Waals surface area contributed by atoms with Gasteiger partial charge >= 0.3 is 0 Å². The summed E-state index contributed by atoms with van der Waals surface area (Å²) in [7, 11) is 0. The first-order valence-corrected chi connectivity index (χ1v) is 9.47. The Morgan fingerprint density at radius 3 is 1.95 bits per heavy atom. The minimum Gasteiger partial charge on any atom is -0.375 e. The van der Waals surface area contributed by atoms with Gasteiger partial charge < -0.3 is 4.74 Å². The fraction of sp³-hybridized carbons (Fsp3) is 0.947. The number of hydrogen-bond donors (Lipinski definition) is 0. The van der Waals surface area contributed by atoms with Crippen LogP contribution in [0.15, 0.2) is 0 Å². The molecule has 2 saturated heterocycles. The number of Topliss-reactive ketones (excluding diaryl/α,β-unsaturated/α-hetero) is 1. The quantitative estimate of drug-likeness (QED) is 0.475. The average molecular weight is 294 g/mol. The molecule has 0 N–H and O–H groups in total. The first kappa shape index (κ1) is 17.0. The van der Waals surface area contributed by atoms with Crippen LogP contribution in [0.1, 0.15) is 96.8 Å². The van der Waals surface area contributed by atoms with Gasteiger partial charge in [0.15, 0.2) is 0 Å². The molecule has 0 saturated carbocycles. The molecule has 2 atom stereocenters. The molecule has 2 unspecified atom stereocenters. The molecule has 2 nitrogen and oxygen atoms in total. The Hall–Kier alpha value is -0.370. The third-order valence-corrected chi connectivity index (χ3v) is 5.27. The summed E-state index contributed by atoms with van der Waals surface area (Å²) in [6.07, 6.45) is 18.0. The normalized spacial score (nSPS) is 28.0. The summed E-state index contributed by atoms with van der Waals surface area (Å²) < 4.78 is 5.82. The molecule has 0 aromatic carbocycles. The van der Waals surface area contributed by atoms with Crippen molar-refractivity contribution in [1.29, 1.82) is 0 Å². The Bertz CT molecular complexity index is 288. The van der Waals surface area contributed by atoms with Gasteiger partial charge in [-0.3, -0.25) is 4.79 Å². The highest BCUT2D eigenvalue weighted by atomic mass is 16.5. The average Bonchev–Trinajstić information content (AvgIpc) is 2.83. The maximum absolute atomic E-state index is 12.3. The second-order valence-corrected chi connectivity index (χ2v) is 7.17. The van der Waals surface area contributed by atoms with Crippen molar-refractivity contribution in [2.45, 2.75) is 109 Å². The summed E-state index contributed by atoms with van der Waals surface area (Å²) in [6.45, 7) is 2.26. The Kier molecular flexibility index (Phi) is 7.77. The van der Waals surface area contributed by atoms with Crippen molar-refractivity contribution in [3.63, 3.8) is 0 Å². The lowest BCUT2D eigenvalue weighted by Crippen LogP contribution is -2.29. The number of ketones is 1. The molecule has 2 bridgehead atoms. The Morgan fingerprint density at radius 1 is 0.857 bits per heavy atom. The van der Waals surface area contributed by atoms with Crippen molar-refractivity contribution in [2.75, 3.05) is 0 Å². The van der Waals surface area contributed by atoms with Crippen molar-refractivity contribution < 1.29 is 9.53 Å². The first-order chi connectivity index (χ1) is 10.3. The van der Waals surface area contributed by atoms with Crippen molar-refractivity contribution in [1.82, 2.24) is 0 Å². The van der Waals surface area contributed by atoms with Crippen LogP contribution in [0.3, 0.4) is 0 Å². The number of unbranched alkanes of at least 4 members (excludes halogenated alkanes) is 8. The van der Waals surface area contributed by atoms with E-state index in [2.05, 4.69) is 6.92 Å². The summed E-state index contributed by atoms with van der Waals surface area (Å²) >= 11 is 0. The van der Waals surface area contributed by atoms with Crippen LogP contribution in [-0.2, 0) is 9.53 Å². The lowest BCUT2D eigenvalue weighted by atomic mass is 9.89. The van der Waals surface area contributed by atoms with Gasteiger partial charge in [-0.05, 0) is 32.1 Å². The fourth-order valence-electron chi connectivity index (χ4n) is 3.93. The molecule has 2 aliphatic rings. The largest absolute Gasteiger partial charge is 0.375 e. The van der Waals surface area contributed by atoms with Crippen LogP contribution in [-0.4, -0.2) is 18.0 Å². The number of fused-ring (bicyclic) bond motifs is 2. The van der Waals surface area contributed by atoms with E-state index in [1.165, 1.54) is 64.2 Å². The third kappa shape index (κ3) is 6.10. The minimum atomic E-state index is 0.324. The number of hydrogen-bond acceptors (Lipinski definition) is 2. The highest BCUT2D eigenvalue weighted by Gasteiger charge is 2.37. The molecule has 0 aliphatic carbocycles. The van der Waals surface area contributed by atoms with Gasteiger partial charge in [0.1, 0.15) is 5.78 Å². The first-order valence-electron chi connectivity index (χ1n) is 9.47. The molecule has 0 amide bonds. The molecule has 122 valence electrons. The van der Waals surface area contributed by atoms with E-state index in [9.17, 15) is 4.79 Å². The summed E-state index contributed by atoms with van der Waals surface area (Å²) in [5, 5.41) is 0. The van der Waals surface area contributed by atoms with Crippen molar-refractivity contribution in [3.05, 3.63) is 0 Å². The number of ether oxygens (including phenoxy) is 1. The van der Waals surface area contributed by atoms with Gasteiger partial charge in [-0.15, -0.1) is 0 Å². The minimum absolute atomic E-state index is 0.324. The Labute approximate surface area is 131 Å². The van der Waals surface area contributed by atoms with Crippen molar-refractivity contribution in [2.24, 2.45) is 5.92 Å². The van der Waals surface area contributed by atoms with E-state index in [0.29, 0.717) is 23.9 Å². The molecule has 0 radical (unpaired) electrons. The molecule has 2 fully saturated rings. The zero-order chi connectivity index (χ0) is 14.9. The second-order valence-electron chi connectivity index (χ2n) is 7.17. The lowest BCUT2D eigenvalue weighted by Gasteiger charge is -2.27. The van der Waals surface area contributed by atoms with Crippen molar-refractivity contribution in [3.8, 4) is 0 Å². The summed E-state index contributed by atoms with van der Waals surface area (Å²) in [5.41, 5.74) is 0. The van der Waals surface area contributed by atoms with Crippen LogP contribution in [0.2, 0.25) is 0 Å². The molecule has 2 aliphatic heterocycles. The van der Waals surface area contributed by atoms with Crippen LogP contribution >= 0.6 is 0 Å². The Morgan fingerprint density at radius 2 is 1.38 bits per heavy atom. The summed E-state index contributed by atoms with van der Waals surface area (Å²) in [4.78, 5) is 12.3. The van der Waals surface area contributed by atoms with Crippen LogP contribution < -0.4 is 0 Å². The summed E-state index contributed by atoms with van der Waals surface area (Å²) in [5.74, 6) is 0.850. The number of carbonyl (C=O) groups excluding carboxylic acids is 1. The van der Waals surface area contributed by atoms with E-state index in [1.54, 1.807) is 0 Å². The second kappa shape index (κ2) is 9.61. The molecule has 2 heteroatoms. The maximum atomic E-state index is 12.3. The molecule has 2 heterocycles. The third-order valence-electron chi connectivity index (χ3n) is 5.27. The Balaban J connectivity index is 1.44. The number of rotatable bonds is 11. The smallest absolute Gasteiger partial charge is 0.136 e. The lowest BCUT2D eigenvalue weighted by molar-refractivity contribution is -0.128. The molecular formula is C19H34O2. The molecule has 0 aromatic heterocycles. The van der Waals surface area contributed by atoms with Gasteiger partial charge in [-0.25, -0.2) is 0 Å². The topological polar surface area (TPSA) is 26.3 Å². The monoisotopic (exact) mass is 294 g/mol. The SMILES string of the molecule is CCCCCCCCCCCC(=O)C1CC2CCC(C1)O2. The molecule has 0 aromatic rings. The molecule has 21 heavy (non-hydrogen) atoms. The van der Waals surface area contributed by atoms with Crippen LogP contribution in [0.25, 0.3) is 0 Å². The van der Waals surface area contributed by atoms with Gasteiger partial charge in [0, 0.05) is 12.3 Å². The van der Waals surface area contributed by atoms with E-state index in [0.717, 1.165) is 25.7 Å². The van der Waals surface area contributed by atoms with Gasteiger partial charge in [-0.2, -0.15) is 0 Å². The van der Waals surface area contributed by atoms with Crippen molar-refractivity contribution >= 4 is 5.78 Å². The number of carbonyl (C=O) groups is 1. The van der Waals surface area contributed by atoms with Gasteiger partial charge in [0.2, 0.25) is 0 Å². The van der Waals surface area contributed by atoms with Crippen LogP contribution in [0.4, 0.5) is 0 Å². The molecule has 0 spiro atoms. The molecular weight excluding hydrogens is 260 g/mol. The predicted molar refractivity (Wildman–Crippen MR) is 87.5 cm³/mol. The van der Waals surface area contributed by atoms with Gasteiger partial charge in [0.25, 0.3) is 0 Å². The van der Waals surface area contributed by atoms with Crippen LogP contribution in [0.5, 0.6) is 0 Å². The van der Waals surface area contributed by atoms with E-state index in [4.69, 9.17) is 4.74 Å². The van der Waals surface area contributed by atoms with E-state index < -0.39 is 0 Å². The maximum Gasteiger partial charge on any atom is 0.136 e. The standard InChI is InChI=1S/C19H34O2/c1-2-3-4-5-6-7-8-9-10-11-19(20)16-14-17-12-13-18(15-16)21-17/h16-18H,2-15H2,1H3. The van der Waals surface area contributed by atoms with Crippen LogP contribution in [0, 0.1) is 5.92 Å². The van der Waals surface area contributed by atoms with E-state index >= 15 is 0 Å². The zero-order valence-corrected chi connectivity index (χ0v) is 13.9. The zero-order valence-electron chi connectivity index (χ0n) is 13.9. The predicted octanol–water partition coefficient (Wildman–Crippen LogP) is 5.43. The van der Waals surface area contributed by atoms with Gasteiger partial charge in [0.05, 0.1) is 12.2 Å². The fourth-order valence-corrected chi connectivity index (χ4v) is 3.93. The molecule has 2 rings (SSSR count). The van der Waals surface area contributed by atoms with E-state index in [-0.39, 0.29) is 0 Å². The van der Waals surface area contributed by atoms with Gasteiger partial charge in [-0.1, -0.05) is 58.3 Å². The highest BCUT2D eigenvalue weighted by Crippen LogP contribution is 2.36. The van der Waals surface area contributed by atoms with E-state index in [1.807, 2.05) is 0 Å². The highest BCUT2D eigenvalue weighted by molar-refractivity contribution is 5.81.